The van der Waals surface area contributed by atoms with Crippen molar-refractivity contribution in [1.29, 1.82) is 0 Å². The molecule has 2 rings (SSSR count). The van der Waals surface area contributed by atoms with E-state index in [0.717, 1.165) is 18.4 Å². The largest absolute Gasteiger partial charge is 0.330 e. The molecule has 2 atom stereocenters. The van der Waals surface area contributed by atoms with Gasteiger partial charge in [0, 0.05) is 9.35 Å². The van der Waals surface area contributed by atoms with E-state index in [4.69, 9.17) is 5.73 Å². The lowest BCUT2D eigenvalue weighted by atomic mass is 10.3. The molecule has 1 saturated carbocycles. The van der Waals surface area contributed by atoms with Crippen molar-refractivity contribution in [2.24, 2.45) is 11.7 Å². The molecule has 1 aliphatic carbocycles. The Labute approximate surface area is 78.7 Å². The monoisotopic (exact) mass is 231 g/mol. The summed E-state index contributed by atoms with van der Waals surface area (Å²) in [4.78, 5) is 1.49. The molecule has 1 aromatic heterocycles. The van der Waals surface area contributed by atoms with Gasteiger partial charge >= 0.3 is 0 Å². The highest BCUT2D eigenvalue weighted by molar-refractivity contribution is 9.10. The zero-order valence-electron chi connectivity index (χ0n) is 6.09. The molecule has 2 unspecified atom stereocenters. The minimum absolute atomic E-state index is 0.755. The van der Waals surface area contributed by atoms with Gasteiger partial charge in [0.05, 0.1) is 0 Å². The SMILES string of the molecule is NCC1CC1c1sccc1Br. The first-order chi connectivity index (χ1) is 5.33. The maximum absolute atomic E-state index is 5.57. The highest BCUT2D eigenvalue weighted by Gasteiger charge is 2.38. The topological polar surface area (TPSA) is 26.0 Å². The fourth-order valence-corrected chi connectivity index (χ4v) is 3.28. The van der Waals surface area contributed by atoms with Crippen LogP contribution in [-0.2, 0) is 0 Å². The standard InChI is InChI=1S/C8H10BrNS/c9-7-1-2-11-8(7)6-3-5(6)4-10/h1-2,5-6H,3-4,10H2. The van der Waals surface area contributed by atoms with Crippen molar-refractivity contribution >= 4 is 27.3 Å². The van der Waals surface area contributed by atoms with Crippen LogP contribution in [0.15, 0.2) is 15.9 Å². The predicted octanol–water partition coefficient (Wildman–Crippen LogP) is 2.57. The Bertz CT molecular complexity index is 258. The molecule has 0 saturated heterocycles. The minimum atomic E-state index is 0.755. The van der Waals surface area contributed by atoms with Crippen LogP contribution in [0.1, 0.15) is 17.2 Å². The molecule has 0 amide bonds. The van der Waals surface area contributed by atoms with Gasteiger partial charge in [0.25, 0.3) is 0 Å². The summed E-state index contributed by atoms with van der Waals surface area (Å²) in [6, 6.07) is 2.12. The van der Waals surface area contributed by atoms with Crippen LogP contribution in [-0.4, -0.2) is 6.54 Å². The molecular formula is C8H10BrNS. The van der Waals surface area contributed by atoms with Crippen molar-refractivity contribution < 1.29 is 0 Å². The Morgan fingerprint density at radius 2 is 2.55 bits per heavy atom. The molecule has 1 nitrogen and oxygen atoms in total. The Morgan fingerprint density at radius 3 is 3.00 bits per heavy atom. The van der Waals surface area contributed by atoms with Crippen LogP contribution in [0, 0.1) is 5.92 Å². The second kappa shape index (κ2) is 2.88. The van der Waals surface area contributed by atoms with Gasteiger partial charge in [-0.3, -0.25) is 0 Å². The van der Waals surface area contributed by atoms with Gasteiger partial charge in [0.1, 0.15) is 0 Å². The van der Waals surface area contributed by atoms with Crippen LogP contribution in [0.5, 0.6) is 0 Å². The van der Waals surface area contributed by atoms with Crippen molar-refractivity contribution in [2.45, 2.75) is 12.3 Å². The van der Waals surface area contributed by atoms with E-state index >= 15 is 0 Å². The van der Waals surface area contributed by atoms with Crippen LogP contribution in [0.25, 0.3) is 0 Å². The van der Waals surface area contributed by atoms with Gasteiger partial charge in [-0.05, 0) is 52.2 Å². The molecule has 0 aromatic carbocycles. The van der Waals surface area contributed by atoms with E-state index in [-0.39, 0.29) is 0 Å². The fraction of sp³-hybridized carbons (Fsp3) is 0.500. The molecule has 0 bridgehead atoms. The number of hydrogen-bond acceptors (Lipinski definition) is 2. The van der Waals surface area contributed by atoms with Crippen molar-refractivity contribution in [3.63, 3.8) is 0 Å². The van der Waals surface area contributed by atoms with Crippen LogP contribution < -0.4 is 5.73 Å². The molecule has 11 heavy (non-hydrogen) atoms. The van der Waals surface area contributed by atoms with E-state index in [1.54, 1.807) is 0 Å². The van der Waals surface area contributed by atoms with Crippen molar-refractivity contribution in [3.8, 4) is 0 Å². The van der Waals surface area contributed by atoms with E-state index in [0.29, 0.717) is 0 Å². The van der Waals surface area contributed by atoms with Gasteiger partial charge < -0.3 is 5.73 Å². The molecule has 1 fully saturated rings. The molecule has 0 radical (unpaired) electrons. The third kappa shape index (κ3) is 1.37. The van der Waals surface area contributed by atoms with Crippen molar-refractivity contribution in [1.82, 2.24) is 0 Å². The summed E-state index contributed by atoms with van der Waals surface area (Å²) in [5, 5.41) is 2.13. The summed E-state index contributed by atoms with van der Waals surface area (Å²) in [6.45, 7) is 0.842. The van der Waals surface area contributed by atoms with Gasteiger partial charge in [0.2, 0.25) is 0 Å². The first kappa shape index (κ1) is 7.77. The molecule has 1 aliphatic rings. The van der Waals surface area contributed by atoms with E-state index in [9.17, 15) is 0 Å². The van der Waals surface area contributed by atoms with Crippen LogP contribution in [0.2, 0.25) is 0 Å². The van der Waals surface area contributed by atoms with E-state index in [1.165, 1.54) is 15.8 Å². The summed E-state index contributed by atoms with van der Waals surface area (Å²) in [5.41, 5.74) is 5.57. The van der Waals surface area contributed by atoms with Gasteiger partial charge in [-0.2, -0.15) is 0 Å². The lowest BCUT2D eigenvalue weighted by Crippen LogP contribution is -2.01. The lowest BCUT2D eigenvalue weighted by molar-refractivity contribution is 0.814. The number of halogens is 1. The molecule has 3 heteroatoms. The van der Waals surface area contributed by atoms with Crippen LogP contribution in [0.3, 0.4) is 0 Å². The first-order valence-corrected chi connectivity index (χ1v) is 5.43. The molecular weight excluding hydrogens is 222 g/mol. The Hall–Kier alpha value is 0.140. The Balaban J connectivity index is 2.14. The Kier molecular flexibility index (Phi) is 2.04. The maximum atomic E-state index is 5.57. The molecule has 60 valence electrons. The molecule has 0 spiro atoms. The van der Waals surface area contributed by atoms with E-state index in [2.05, 4.69) is 27.4 Å². The summed E-state index contributed by atoms with van der Waals surface area (Å²) >= 11 is 5.37. The average Bonchev–Trinajstić information content (AvgIpc) is 2.68. The van der Waals surface area contributed by atoms with Crippen molar-refractivity contribution in [3.05, 3.63) is 20.8 Å². The molecule has 2 N–H and O–H groups in total. The summed E-state index contributed by atoms with van der Waals surface area (Å²) in [7, 11) is 0. The van der Waals surface area contributed by atoms with Crippen molar-refractivity contribution in [2.75, 3.05) is 6.54 Å². The van der Waals surface area contributed by atoms with Gasteiger partial charge in [0.15, 0.2) is 0 Å². The predicted molar refractivity (Wildman–Crippen MR) is 51.9 cm³/mol. The van der Waals surface area contributed by atoms with Crippen LogP contribution in [0.4, 0.5) is 0 Å². The van der Waals surface area contributed by atoms with Gasteiger partial charge in [-0.15, -0.1) is 11.3 Å². The third-order valence-electron chi connectivity index (χ3n) is 2.21. The highest BCUT2D eigenvalue weighted by atomic mass is 79.9. The normalized spacial score (nSPS) is 28.9. The van der Waals surface area contributed by atoms with Gasteiger partial charge in [-0.25, -0.2) is 0 Å². The summed E-state index contributed by atoms with van der Waals surface area (Å²) < 4.78 is 1.27. The third-order valence-corrected chi connectivity index (χ3v) is 4.21. The van der Waals surface area contributed by atoms with E-state index in [1.807, 2.05) is 11.3 Å². The molecule has 1 aromatic rings. The fourth-order valence-electron chi connectivity index (χ4n) is 1.40. The number of hydrogen-bond donors (Lipinski definition) is 1. The first-order valence-electron chi connectivity index (χ1n) is 3.76. The quantitative estimate of drug-likeness (QED) is 0.833. The zero-order chi connectivity index (χ0) is 7.84. The zero-order valence-corrected chi connectivity index (χ0v) is 8.49. The second-order valence-electron chi connectivity index (χ2n) is 2.97. The highest BCUT2D eigenvalue weighted by Crippen LogP contribution is 2.50. The number of thiophene rings is 1. The lowest BCUT2D eigenvalue weighted by Gasteiger charge is -1.93. The average molecular weight is 232 g/mol. The minimum Gasteiger partial charge on any atom is -0.330 e. The van der Waals surface area contributed by atoms with E-state index < -0.39 is 0 Å². The molecule has 1 heterocycles. The summed E-state index contributed by atoms with van der Waals surface area (Å²) in [5.74, 6) is 1.51. The van der Waals surface area contributed by atoms with Crippen LogP contribution >= 0.6 is 27.3 Å². The maximum Gasteiger partial charge on any atom is 0.0317 e. The Morgan fingerprint density at radius 1 is 1.73 bits per heavy atom. The molecule has 0 aliphatic heterocycles. The number of rotatable bonds is 2. The second-order valence-corrected chi connectivity index (χ2v) is 4.77. The smallest absolute Gasteiger partial charge is 0.0317 e. The van der Waals surface area contributed by atoms with Gasteiger partial charge in [-0.1, -0.05) is 0 Å². The summed E-state index contributed by atoms with van der Waals surface area (Å²) in [6.07, 6.45) is 1.29. The number of nitrogens with two attached hydrogens (primary N) is 1.